The SMILES string of the molecule is c1ccc(-c2ccc(N(c3cccc(-c4cccc5c4-c4ccccc4C54c5ccccc5-c5ccccc54)c3)c3cccc4c3-c3ccccc3C43c4ccccc4-c4ccccc43)c(-c3ccccc3)c2)cc1. The average molecular weight is 950 g/mol. The van der Waals surface area contributed by atoms with Gasteiger partial charge in [0.1, 0.15) is 0 Å². The number of benzene rings is 12. The van der Waals surface area contributed by atoms with Gasteiger partial charge in [0, 0.05) is 16.8 Å². The summed E-state index contributed by atoms with van der Waals surface area (Å²) in [6.45, 7) is 0. The van der Waals surface area contributed by atoms with Gasteiger partial charge in [0.25, 0.3) is 0 Å². The van der Waals surface area contributed by atoms with Crippen LogP contribution in [0.4, 0.5) is 17.1 Å². The smallest absolute Gasteiger partial charge is 0.0726 e. The maximum atomic E-state index is 2.57. The second kappa shape index (κ2) is 16.0. The van der Waals surface area contributed by atoms with Crippen molar-refractivity contribution in [2.24, 2.45) is 0 Å². The number of hydrogen-bond acceptors (Lipinski definition) is 1. The summed E-state index contributed by atoms with van der Waals surface area (Å²) >= 11 is 0. The second-order valence-corrected chi connectivity index (χ2v) is 20.6. The highest BCUT2D eigenvalue weighted by atomic mass is 15.1. The quantitative estimate of drug-likeness (QED) is 0.161. The number of nitrogens with zero attached hydrogens (tertiary/aromatic N) is 1. The van der Waals surface area contributed by atoms with Gasteiger partial charge in [0.05, 0.1) is 22.2 Å². The van der Waals surface area contributed by atoms with Crippen LogP contribution in [0.15, 0.2) is 285 Å². The molecule has 4 aliphatic carbocycles. The van der Waals surface area contributed by atoms with E-state index in [0.717, 1.165) is 28.2 Å². The van der Waals surface area contributed by atoms with Crippen molar-refractivity contribution in [3.63, 3.8) is 0 Å². The average Bonchev–Trinajstić information content (AvgIpc) is 4.27. The molecule has 348 valence electrons. The third-order valence-corrected chi connectivity index (χ3v) is 17.1. The van der Waals surface area contributed by atoms with Gasteiger partial charge < -0.3 is 4.90 Å². The van der Waals surface area contributed by atoms with Gasteiger partial charge in [0.15, 0.2) is 0 Å². The second-order valence-electron chi connectivity index (χ2n) is 20.6. The monoisotopic (exact) mass is 949 g/mol. The van der Waals surface area contributed by atoms with E-state index in [4.69, 9.17) is 0 Å². The van der Waals surface area contributed by atoms with Crippen LogP contribution in [0.2, 0.25) is 0 Å². The number of fused-ring (bicyclic) bond motifs is 20. The molecule has 0 N–H and O–H groups in total. The van der Waals surface area contributed by atoms with Crippen molar-refractivity contribution >= 4 is 17.1 Å². The Bertz CT molecular complexity index is 4220. The van der Waals surface area contributed by atoms with E-state index in [9.17, 15) is 0 Å². The molecule has 0 radical (unpaired) electrons. The van der Waals surface area contributed by atoms with E-state index in [1.54, 1.807) is 0 Å². The molecule has 0 unspecified atom stereocenters. The lowest BCUT2D eigenvalue weighted by Crippen LogP contribution is -2.26. The van der Waals surface area contributed by atoms with Crippen molar-refractivity contribution < 1.29 is 0 Å². The Kier molecular flexibility index (Phi) is 8.94. The minimum Gasteiger partial charge on any atom is -0.309 e. The molecule has 0 bridgehead atoms. The van der Waals surface area contributed by atoms with Crippen LogP contribution < -0.4 is 4.90 Å². The maximum Gasteiger partial charge on any atom is 0.0726 e. The fourth-order valence-electron chi connectivity index (χ4n) is 14.3. The van der Waals surface area contributed by atoms with E-state index in [-0.39, 0.29) is 0 Å². The van der Waals surface area contributed by atoms with Crippen LogP contribution in [0.5, 0.6) is 0 Å². The molecule has 0 saturated heterocycles. The largest absolute Gasteiger partial charge is 0.309 e. The molecule has 0 fully saturated rings. The Balaban J connectivity index is 0.971. The summed E-state index contributed by atoms with van der Waals surface area (Å²) in [5.41, 5.74) is 30.5. The first-order chi connectivity index (χ1) is 37.2. The highest BCUT2D eigenvalue weighted by molar-refractivity contribution is 6.04. The van der Waals surface area contributed by atoms with Crippen molar-refractivity contribution in [1.82, 2.24) is 0 Å². The molecule has 0 heterocycles. The lowest BCUT2D eigenvalue weighted by Gasteiger charge is -2.33. The normalized spacial score (nSPS) is 13.8. The third-order valence-electron chi connectivity index (χ3n) is 17.1. The lowest BCUT2D eigenvalue weighted by molar-refractivity contribution is 0.794. The first-order valence-corrected chi connectivity index (χ1v) is 26.3. The fourth-order valence-corrected chi connectivity index (χ4v) is 14.3. The molecule has 16 rings (SSSR count). The first kappa shape index (κ1) is 42.0. The van der Waals surface area contributed by atoms with Gasteiger partial charge >= 0.3 is 0 Å². The van der Waals surface area contributed by atoms with Crippen LogP contribution in [-0.2, 0) is 10.8 Å². The van der Waals surface area contributed by atoms with Crippen LogP contribution in [0.3, 0.4) is 0 Å². The highest BCUT2D eigenvalue weighted by Gasteiger charge is 2.54. The van der Waals surface area contributed by atoms with Gasteiger partial charge in [-0.05, 0) is 142 Å². The fraction of sp³-hybridized carbons (Fsp3) is 0.0270. The lowest BCUT2D eigenvalue weighted by atomic mass is 9.70. The number of hydrogen-bond donors (Lipinski definition) is 0. The molecular weight excluding hydrogens is 903 g/mol. The van der Waals surface area contributed by atoms with Gasteiger partial charge in [-0.25, -0.2) is 0 Å². The summed E-state index contributed by atoms with van der Waals surface area (Å²) in [6.07, 6.45) is 0. The maximum absolute atomic E-state index is 2.57. The van der Waals surface area contributed by atoms with E-state index in [1.165, 1.54) is 111 Å². The third kappa shape index (κ3) is 5.62. The van der Waals surface area contributed by atoms with Gasteiger partial charge in [-0.15, -0.1) is 0 Å². The zero-order chi connectivity index (χ0) is 49.2. The van der Waals surface area contributed by atoms with E-state index in [2.05, 4.69) is 290 Å². The van der Waals surface area contributed by atoms with E-state index < -0.39 is 10.8 Å². The topological polar surface area (TPSA) is 3.24 Å². The van der Waals surface area contributed by atoms with Crippen LogP contribution in [0, 0.1) is 0 Å². The zero-order valence-electron chi connectivity index (χ0n) is 41.1. The van der Waals surface area contributed by atoms with Gasteiger partial charge in [-0.1, -0.05) is 255 Å². The van der Waals surface area contributed by atoms with Crippen molar-refractivity contribution in [1.29, 1.82) is 0 Å². The predicted molar refractivity (Wildman–Crippen MR) is 310 cm³/mol. The van der Waals surface area contributed by atoms with Gasteiger partial charge in [-0.3, -0.25) is 0 Å². The minimum atomic E-state index is -0.493. The Hall–Kier alpha value is -9.56. The zero-order valence-corrected chi connectivity index (χ0v) is 41.1. The molecule has 12 aromatic carbocycles. The van der Waals surface area contributed by atoms with Crippen molar-refractivity contribution in [3.8, 4) is 77.9 Å². The molecule has 1 nitrogen and oxygen atoms in total. The first-order valence-electron chi connectivity index (χ1n) is 26.3. The molecule has 2 spiro atoms. The molecule has 0 aliphatic heterocycles. The molecule has 75 heavy (non-hydrogen) atoms. The number of anilines is 3. The summed E-state index contributed by atoms with van der Waals surface area (Å²) in [5.74, 6) is 0. The van der Waals surface area contributed by atoms with Gasteiger partial charge in [-0.2, -0.15) is 0 Å². The van der Waals surface area contributed by atoms with Crippen molar-refractivity contribution in [2.45, 2.75) is 10.8 Å². The Morgan fingerprint density at radius 3 is 1.13 bits per heavy atom. The summed E-state index contributed by atoms with van der Waals surface area (Å²) in [5, 5.41) is 0. The standard InChI is InChI=1S/C74H47N/c1-3-22-48(23-4-1)50-44-45-69(60(47-50)49-24-5-2-6-25-49)75(70-43-21-42-68-72(70)59-33-12-18-40-66(59)74(68)63-37-15-9-30-56(63)57-31-10-16-38-64(57)74)52-27-19-26-51(46-52)53-34-20-41-67-71(53)58-32-11-17-39-65(58)73(67)61-35-13-7-28-54(61)55-29-8-14-36-62(55)73/h1-47H. The summed E-state index contributed by atoms with van der Waals surface area (Å²) in [7, 11) is 0. The Labute approximate surface area is 438 Å². The van der Waals surface area contributed by atoms with Crippen molar-refractivity contribution in [3.05, 3.63) is 330 Å². The Morgan fingerprint density at radius 1 is 0.200 bits per heavy atom. The summed E-state index contributed by atoms with van der Waals surface area (Å²) < 4.78 is 0. The molecule has 1 heteroatoms. The van der Waals surface area contributed by atoms with Crippen LogP contribution in [0.25, 0.3) is 77.9 Å². The molecule has 0 aromatic heterocycles. The number of rotatable bonds is 6. The molecule has 4 aliphatic rings. The van der Waals surface area contributed by atoms with E-state index in [0.29, 0.717) is 0 Å². The highest BCUT2D eigenvalue weighted by Crippen LogP contribution is 2.66. The summed E-state index contributed by atoms with van der Waals surface area (Å²) in [6, 6.07) is 107. The molecule has 0 atom stereocenters. The molecule has 0 saturated carbocycles. The van der Waals surface area contributed by atoms with Gasteiger partial charge in [0.2, 0.25) is 0 Å². The Morgan fingerprint density at radius 2 is 0.587 bits per heavy atom. The summed E-state index contributed by atoms with van der Waals surface area (Å²) in [4.78, 5) is 2.57. The van der Waals surface area contributed by atoms with E-state index in [1.807, 2.05) is 0 Å². The molecule has 12 aromatic rings. The predicted octanol–water partition coefficient (Wildman–Crippen LogP) is 18.8. The van der Waals surface area contributed by atoms with Crippen molar-refractivity contribution in [2.75, 3.05) is 4.90 Å². The van der Waals surface area contributed by atoms with Crippen LogP contribution >= 0.6 is 0 Å². The minimum absolute atomic E-state index is 0.435. The van der Waals surface area contributed by atoms with Crippen LogP contribution in [0.1, 0.15) is 44.5 Å². The van der Waals surface area contributed by atoms with Crippen LogP contribution in [-0.4, -0.2) is 0 Å². The molecule has 0 amide bonds. The van der Waals surface area contributed by atoms with E-state index >= 15 is 0 Å². The molecular formula is C74H47N.